The lowest BCUT2D eigenvalue weighted by Crippen LogP contribution is -2.42. The Labute approximate surface area is 128 Å². The van der Waals surface area contributed by atoms with Crippen LogP contribution in [0.25, 0.3) is 0 Å². The number of carbonyl (C=O) groups is 1. The van der Waals surface area contributed by atoms with Gasteiger partial charge < -0.3 is 16.0 Å². The fraction of sp³-hybridized carbons (Fsp3) is 0.533. The van der Waals surface area contributed by atoms with Gasteiger partial charge in [-0.25, -0.2) is 0 Å². The Morgan fingerprint density at radius 1 is 1.25 bits per heavy atom. The van der Waals surface area contributed by atoms with Crippen LogP contribution in [0.5, 0.6) is 0 Å². The van der Waals surface area contributed by atoms with Gasteiger partial charge in [0.15, 0.2) is 0 Å². The molecule has 0 bridgehead atoms. The number of nitrogen functional groups attached to an aromatic ring is 1. The van der Waals surface area contributed by atoms with Crippen LogP contribution in [0.15, 0.2) is 24.3 Å². The summed E-state index contributed by atoms with van der Waals surface area (Å²) < 4.78 is 0. The van der Waals surface area contributed by atoms with E-state index in [2.05, 4.69) is 24.1 Å². The molecule has 1 rings (SSSR count). The number of benzene rings is 1. The van der Waals surface area contributed by atoms with E-state index in [4.69, 9.17) is 5.73 Å². The van der Waals surface area contributed by atoms with Gasteiger partial charge in [-0.15, -0.1) is 12.4 Å². The van der Waals surface area contributed by atoms with Gasteiger partial charge in [0.05, 0.1) is 0 Å². The molecule has 20 heavy (non-hydrogen) atoms. The van der Waals surface area contributed by atoms with Gasteiger partial charge in [0, 0.05) is 23.8 Å². The summed E-state index contributed by atoms with van der Waals surface area (Å²) in [7, 11) is 4.03. The number of nitrogens with two attached hydrogens (primary N) is 1. The van der Waals surface area contributed by atoms with E-state index in [0.717, 1.165) is 13.0 Å². The number of hydrogen-bond acceptors (Lipinski definition) is 3. The number of amides is 1. The highest BCUT2D eigenvalue weighted by atomic mass is 35.5. The summed E-state index contributed by atoms with van der Waals surface area (Å²) in [4.78, 5) is 14.3. The standard InChI is InChI=1S/C15H25N3O.ClH/c1-11(2)9-14(10-18(3)4)17-15(19)12-5-7-13(16)8-6-12;/h5-8,11,14H,9-10,16H2,1-4H3,(H,17,19);1H. The highest BCUT2D eigenvalue weighted by Crippen LogP contribution is 2.09. The number of nitrogens with one attached hydrogen (secondary N) is 1. The fourth-order valence-electron chi connectivity index (χ4n) is 2.09. The first kappa shape index (κ1) is 18.7. The summed E-state index contributed by atoms with van der Waals surface area (Å²) in [5.41, 5.74) is 6.95. The van der Waals surface area contributed by atoms with Crippen molar-refractivity contribution in [3.05, 3.63) is 29.8 Å². The maximum atomic E-state index is 12.2. The first-order valence-electron chi connectivity index (χ1n) is 6.69. The molecule has 0 aliphatic carbocycles. The number of carbonyl (C=O) groups excluding carboxylic acids is 1. The second-order valence-electron chi connectivity index (χ2n) is 5.68. The minimum atomic E-state index is -0.0347. The van der Waals surface area contributed by atoms with Crippen LogP contribution in [0.2, 0.25) is 0 Å². The average Bonchev–Trinajstić information content (AvgIpc) is 2.27. The summed E-state index contributed by atoms with van der Waals surface area (Å²) in [6.07, 6.45) is 0.971. The van der Waals surface area contributed by atoms with Gasteiger partial charge >= 0.3 is 0 Å². The Kier molecular flexibility index (Phi) is 8.26. The molecule has 0 radical (unpaired) electrons. The Morgan fingerprint density at radius 3 is 2.25 bits per heavy atom. The maximum Gasteiger partial charge on any atom is 0.251 e. The lowest BCUT2D eigenvalue weighted by Gasteiger charge is -2.24. The third kappa shape index (κ3) is 6.78. The van der Waals surface area contributed by atoms with Crippen molar-refractivity contribution in [1.82, 2.24) is 10.2 Å². The second-order valence-corrected chi connectivity index (χ2v) is 5.68. The topological polar surface area (TPSA) is 58.4 Å². The molecule has 0 aliphatic rings. The number of hydrogen-bond donors (Lipinski definition) is 2. The van der Waals surface area contributed by atoms with E-state index < -0.39 is 0 Å². The van der Waals surface area contributed by atoms with Crippen molar-refractivity contribution in [3.8, 4) is 0 Å². The van der Waals surface area contributed by atoms with Crippen molar-refractivity contribution in [3.63, 3.8) is 0 Å². The number of rotatable bonds is 6. The lowest BCUT2D eigenvalue weighted by molar-refractivity contribution is 0.0924. The Balaban J connectivity index is 0.00000361. The third-order valence-electron chi connectivity index (χ3n) is 2.85. The predicted molar refractivity (Wildman–Crippen MR) is 87.4 cm³/mol. The van der Waals surface area contributed by atoms with Crippen molar-refractivity contribution in [1.29, 1.82) is 0 Å². The quantitative estimate of drug-likeness (QED) is 0.793. The molecule has 1 aromatic carbocycles. The van der Waals surface area contributed by atoms with Gasteiger partial charge in [0.25, 0.3) is 5.91 Å². The van der Waals surface area contributed by atoms with Gasteiger partial charge in [0.2, 0.25) is 0 Å². The molecule has 1 unspecified atom stereocenters. The number of anilines is 1. The zero-order valence-corrected chi connectivity index (χ0v) is 13.5. The van der Waals surface area contributed by atoms with E-state index >= 15 is 0 Å². The van der Waals surface area contributed by atoms with Gasteiger partial charge in [-0.3, -0.25) is 4.79 Å². The monoisotopic (exact) mass is 299 g/mol. The van der Waals surface area contributed by atoms with Crippen LogP contribution < -0.4 is 11.1 Å². The number of halogens is 1. The van der Waals surface area contributed by atoms with E-state index in [1.807, 2.05) is 14.1 Å². The summed E-state index contributed by atoms with van der Waals surface area (Å²) in [5.74, 6) is 0.518. The average molecular weight is 300 g/mol. The molecule has 114 valence electrons. The van der Waals surface area contributed by atoms with Gasteiger partial charge in [-0.1, -0.05) is 13.8 Å². The fourth-order valence-corrected chi connectivity index (χ4v) is 2.09. The van der Waals surface area contributed by atoms with Crippen LogP contribution >= 0.6 is 12.4 Å². The molecule has 0 spiro atoms. The van der Waals surface area contributed by atoms with Crippen molar-refractivity contribution >= 4 is 24.0 Å². The summed E-state index contributed by atoms with van der Waals surface area (Å²) in [5, 5.41) is 3.09. The van der Waals surface area contributed by atoms with Crippen LogP contribution in [0, 0.1) is 5.92 Å². The molecule has 4 nitrogen and oxygen atoms in total. The third-order valence-corrected chi connectivity index (χ3v) is 2.85. The van der Waals surface area contributed by atoms with Crippen molar-refractivity contribution < 1.29 is 4.79 Å². The molecule has 0 aromatic heterocycles. The highest BCUT2D eigenvalue weighted by Gasteiger charge is 2.15. The minimum Gasteiger partial charge on any atom is -0.399 e. The molecule has 3 N–H and O–H groups in total. The molecule has 5 heteroatoms. The molecule has 1 amide bonds. The van der Waals surface area contributed by atoms with Gasteiger partial charge in [0.1, 0.15) is 0 Å². The highest BCUT2D eigenvalue weighted by molar-refractivity contribution is 5.94. The second kappa shape index (κ2) is 8.82. The van der Waals surface area contributed by atoms with Crippen LogP contribution in [-0.2, 0) is 0 Å². The van der Waals surface area contributed by atoms with E-state index in [9.17, 15) is 4.79 Å². The van der Waals surface area contributed by atoms with E-state index in [1.165, 1.54) is 0 Å². The normalized spacial score (nSPS) is 12.1. The van der Waals surface area contributed by atoms with Crippen LogP contribution in [-0.4, -0.2) is 37.5 Å². The molecular formula is C15H26ClN3O. The Hall–Kier alpha value is -1.26. The molecule has 0 aliphatic heterocycles. The molecular weight excluding hydrogens is 274 g/mol. The summed E-state index contributed by atoms with van der Waals surface area (Å²) >= 11 is 0. The Morgan fingerprint density at radius 2 is 1.80 bits per heavy atom. The van der Waals surface area contributed by atoms with Crippen molar-refractivity contribution in [2.75, 3.05) is 26.4 Å². The first-order valence-corrected chi connectivity index (χ1v) is 6.69. The van der Waals surface area contributed by atoms with Crippen LogP contribution in [0.4, 0.5) is 5.69 Å². The van der Waals surface area contributed by atoms with Crippen molar-refractivity contribution in [2.24, 2.45) is 5.92 Å². The molecule has 0 saturated carbocycles. The number of nitrogens with zero attached hydrogens (tertiary/aromatic N) is 1. The zero-order valence-electron chi connectivity index (χ0n) is 12.7. The Bertz CT molecular complexity index is 394. The van der Waals surface area contributed by atoms with Gasteiger partial charge in [-0.2, -0.15) is 0 Å². The summed E-state index contributed by atoms with van der Waals surface area (Å²) in [6, 6.07) is 7.18. The molecule has 0 heterocycles. The molecule has 1 atom stereocenters. The van der Waals surface area contributed by atoms with E-state index in [-0.39, 0.29) is 24.4 Å². The predicted octanol–water partition coefficient (Wildman–Crippen LogP) is 2.40. The molecule has 1 aromatic rings. The minimum absolute atomic E-state index is 0. The van der Waals surface area contributed by atoms with Crippen molar-refractivity contribution in [2.45, 2.75) is 26.3 Å². The van der Waals surface area contributed by atoms with Crippen LogP contribution in [0.3, 0.4) is 0 Å². The largest absolute Gasteiger partial charge is 0.399 e. The maximum absolute atomic E-state index is 12.2. The smallest absolute Gasteiger partial charge is 0.251 e. The lowest BCUT2D eigenvalue weighted by atomic mass is 10.0. The SMILES string of the molecule is CC(C)CC(CN(C)C)NC(=O)c1ccc(N)cc1.Cl. The molecule has 0 fully saturated rings. The molecule has 0 saturated heterocycles. The zero-order chi connectivity index (χ0) is 14.4. The summed E-state index contributed by atoms with van der Waals surface area (Å²) in [6.45, 7) is 5.18. The van der Waals surface area contributed by atoms with E-state index in [1.54, 1.807) is 24.3 Å². The number of likely N-dealkylation sites (N-methyl/N-ethyl adjacent to an activating group) is 1. The van der Waals surface area contributed by atoms with Gasteiger partial charge in [-0.05, 0) is 50.7 Å². The van der Waals surface area contributed by atoms with E-state index in [0.29, 0.717) is 17.2 Å². The van der Waals surface area contributed by atoms with Crippen LogP contribution in [0.1, 0.15) is 30.6 Å². The first-order chi connectivity index (χ1) is 8.88.